The maximum atomic E-state index is 14.4. The van der Waals surface area contributed by atoms with Gasteiger partial charge in [-0.3, -0.25) is 28.8 Å². The normalized spacial score (nSPS) is 21.4. The number of carbonyl (C=O) groups excluding carboxylic acids is 7. The predicted molar refractivity (Wildman–Crippen MR) is 222 cm³/mol. The summed E-state index contributed by atoms with van der Waals surface area (Å²) >= 11 is 0. The minimum absolute atomic E-state index is 0.00597. The number of H-pyrrole nitrogens is 1. The summed E-state index contributed by atoms with van der Waals surface area (Å²) in [6, 6.07) is 18.6. The average Bonchev–Trinajstić information content (AvgIpc) is 4.00. The van der Waals surface area contributed by atoms with Crippen LogP contribution in [0.4, 0.5) is 4.79 Å². The van der Waals surface area contributed by atoms with E-state index in [0.29, 0.717) is 31.2 Å². The smallest absolute Gasteiger partial charge is 0.407 e. The molecule has 3 heterocycles. The van der Waals surface area contributed by atoms with Crippen molar-refractivity contribution in [3.05, 3.63) is 95.7 Å². The molecule has 0 bridgehead atoms. The van der Waals surface area contributed by atoms with E-state index in [2.05, 4.69) is 31.7 Å². The van der Waals surface area contributed by atoms with Crippen molar-refractivity contribution in [2.24, 2.45) is 5.73 Å². The second-order valence-electron chi connectivity index (χ2n) is 15.5. The Morgan fingerprint density at radius 1 is 0.836 bits per heavy atom. The zero-order chi connectivity index (χ0) is 42.9. The lowest BCUT2D eigenvalue weighted by atomic mass is 9.98. The average molecular weight is 835 g/mol. The van der Waals surface area contributed by atoms with E-state index < -0.39 is 65.8 Å². The fourth-order valence-electron chi connectivity index (χ4n) is 8.37. The van der Waals surface area contributed by atoms with E-state index in [-0.39, 0.29) is 57.8 Å². The molecule has 0 saturated carbocycles. The Kier molecular flexibility index (Phi) is 13.6. The number of ether oxygens (including phenoxy) is 1. The number of aromatic amines is 1. The van der Waals surface area contributed by atoms with Crippen LogP contribution in [-0.4, -0.2) is 102 Å². The summed E-state index contributed by atoms with van der Waals surface area (Å²) in [5.41, 5.74) is 13.4. The molecule has 4 atom stereocenters. The van der Waals surface area contributed by atoms with Gasteiger partial charge in [-0.05, 0) is 72.4 Å². The van der Waals surface area contributed by atoms with Crippen molar-refractivity contribution in [2.75, 3.05) is 26.2 Å². The molecule has 1 aromatic heterocycles. The third-order valence-electron chi connectivity index (χ3n) is 11.4. The highest BCUT2D eigenvalue weighted by Crippen LogP contribution is 2.44. The highest BCUT2D eigenvalue weighted by molar-refractivity contribution is 5.97. The van der Waals surface area contributed by atoms with E-state index >= 15 is 0 Å². The van der Waals surface area contributed by atoms with Crippen LogP contribution >= 0.6 is 0 Å². The molecule has 3 aromatic carbocycles. The van der Waals surface area contributed by atoms with Gasteiger partial charge in [0.25, 0.3) is 0 Å². The van der Waals surface area contributed by atoms with E-state index in [4.69, 9.17) is 15.3 Å². The molecule has 3 unspecified atom stereocenters. The zero-order valence-electron chi connectivity index (χ0n) is 33.6. The fraction of sp³-hybridized carbons (Fsp3) is 0.386. The number of para-hydroxylation sites is 1. The maximum absolute atomic E-state index is 14.4. The number of aromatic nitrogens is 1. The van der Waals surface area contributed by atoms with Crippen LogP contribution in [-0.2, 0) is 44.8 Å². The van der Waals surface area contributed by atoms with Crippen LogP contribution in [0.5, 0.6) is 0 Å². The van der Waals surface area contributed by atoms with Gasteiger partial charge in [0.2, 0.25) is 29.5 Å². The number of hydrogen-bond acceptors (Lipinski definition) is 10. The second-order valence-corrected chi connectivity index (χ2v) is 15.5. The Hall–Kier alpha value is -6.75. The lowest BCUT2D eigenvalue weighted by molar-refractivity contribution is -0.151. The third-order valence-corrected chi connectivity index (χ3v) is 11.4. The van der Waals surface area contributed by atoms with Gasteiger partial charge in [0, 0.05) is 48.9 Å². The van der Waals surface area contributed by atoms with Crippen molar-refractivity contribution in [3.63, 3.8) is 0 Å². The Morgan fingerprint density at radius 2 is 1.56 bits per heavy atom. The van der Waals surface area contributed by atoms with Gasteiger partial charge in [0.15, 0.2) is 0 Å². The summed E-state index contributed by atoms with van der Waals surface area (Å²) < 4.78 is 5.74. The molecule has 17 heteroatoms. The summed E-state index contributed by atoms with van der Waals surface area (Å²) in [6.45, 7) is 0.0664. The van der Waals surface area contributed by atoms with E-state index in [0.717, 1.165) is 33.2 Å². The van der Waals surface area contributed by atoms with Crippen LogP contribution in [0, 0.1) is 0 Å². The first kappa shape index (κ1) is 42.4. The first-order valence-electron chi connectivity index (χ1n) is 20.6. The lowest BCUT2D eigenvalue weighted by Gasteiger charge is -2.30. The molecule has 1 aliphatic carbocycles. The molecule has 2 aliphatic heterocycles. The number of primary amides is 1. The molecule has 0 radical (unpaired) electrons. The van der Waals surface area contributed by atoms with Crippen LogP contribution in [0.2, 0.25) is 0 Å². The molecule has 7 rings (SSSR count). The van der Waals surface area contributed by atoms with E-state index in [1.807, 2.05) is 72.8 Å². The number of amides is 6. The quantitative estimate of drug-likeness (QED) is 0.130. The minimum Gasteiger partial charge on any atom is -0.449 e. The van der Waals surface area contributed by atoms with Crippen LogP contribution in [0.15, 0.2) is 79.0 Å². The number of likely N-dealkylation sites (tertiary alicyclic amines) is 1. The van der Waals surface area contributed by atoms with Gasteiger partial charge < -0.3 is 46.5 Å². The molecule has 2 fully saturated rings. The van der Waals surface area contributed by atoms with Gasteiger partial charge in [-0.15, -0.1) is 0 Å². The molecular formula is C44H50N8O9. The summed E-state index contributed by atoms with van der Waals surface area (Å²) in [6.07, 6.45) is 2.29. The summed E-state index contributed by atoms with van der Waals surface area (Å²) in [5.74, 6) is -4.12. The molecule has 4 aromatic rings. The Balaban J connectivity index is 1.12. The van der Waals surface area contributed by atoms with Crippen LogP contribution in [0.1, 0.15) is 67.6 Å². The monoisotopic (exact) mass is 834 g/mol. The molecule has 2 saturated heterocycles. The largest absolute Gasteiger partial charge is 0.449 e. The summed E-state index contributed by atoms with van der Waals surface area (Å²) in [5, 5.41) is 11.6. The topological polar surface area (TPSA) is 243 Å². The number of fused-ring (bicyclic) bond motifs is 4. The van der Waals surface area contributed by atoms with Crippen molar-refractivity contribution < 1.29 is 43.1 Å². The minimum atomic E-state index is -1.34. The number of carbonyl (C=O) groups is 7. The number of hydroxylamine groups is 1. The molecule has 8 N–H and O–H groups in total. The number of rotatable bonds is 9. The molecular weight excluding hydrogens is 785 g/mol. The summed E-state index contributed by atoms with van der Waals surface area (Å²) in [4.78, 5) is 103. The highest BCUT2D eigenvalue weighted by atomic mass is 16.7. The highest BCUT2D eigenvalue weighted by Gasteiger charge is 2.39. The van der Waals surface area contributed by atoms with Gasteiger partial charge in [0.1, 0.15) is 30.8 Å². The lowest BCUT2D eigenvalue weighted by Crippen LogP contribution is -2.59. The molecule has 6 amide bonds. The first-order chi connectivity index (χ1) is 29.6. The van der Waals surface area contributed by atoms with Gasteiger partial charge in [-0.25, -0.2) is 4.79 Å². The second kappa shape index (κ2) is 19.5. The Bertz CT molecular complexity index is 2250. The van der Waals surface area contributed by atoms with Crippen LogP contribution in [0.3, 0.4) is 0 Å². The van der Waals surface area contributed by atoms with E-state index in [1.165, 1.54) is 4.90 Å². The van der Waals surface area contributed by atoms with Crippen molar-refractivity contribution in [2.45, 2.75) is 81.5 Å². The zero-order valence-corrected chi connectivity index (χ0v) is 33.6. The van der Waals surface area contributed by atoms with Gasteiger partial charge in [-0.2, -0.15) is 5.48 Å². The number of hydrogen-bond donors (Lipinski definition) is 7. The molecule has 0 spiro atoms. The molecule has 3 aliphatic rings. The van der Waals surface area contributed by atoms with Crippen LogP contribution < -0.4 is 32.5 Å². The van der Waals surface area contributed by atoms with Crippen molar-refractivity contribution in [3.8, 4) is 11.1 Å². The standard InChI is InChI=1S/C44H50N8O9/c45-38(53)24-47-42(57)37-17-9-21-52(37)43(58)35-16-7-8-20-48-61-39(54)19-18-34(40(55)50-36(41(56)49-35)22-26-23-46-33-15-6-5-10-27(26)33)51-44(59)60-25-32-30-13-3-1-11-28(30)29-12-2-4-14-31(29)32/h1-6,10-15,23,32,34-37,46,48H,7-9,16-22,24-25H2,(H2,45,53)(H,47,57)(H,49,56)(H,50,55)(H,51,59)/t34?,35?,36?,37-/m0/s1. The predicted octanol–water partition coefficient (Wildman–Crippen LogP) is 2.19. The SMILES string of the molecule is NC(=O)CNC(=O)[C@@H]1CCCN1C(=O)C1CCCCNOC(=O)CCC(NC(=O)OCC2c3ccccc3-c3ccccc32)C(=O)NC(Cc2c[nH]c3ccccc23)C(=O)N1. The maximum Gasteiger partial charge on any atom is 0.407 e. The summed E-state index contributed by atoms with van der Waals surface area (Å²) in [7, 11) is 0. The first-order valence-corrected chi connectivity index (χ1v) is 20.6. The van der Waals surface area contributed by atoms with Gasteiger partial charge >= 0.3 is 12.1 Å². The number of nitrogens with two attached hydrogens (primary N) is 1. The molecule has 17 nitrogen and oxygen atoms in total. The number of nitrogens with zero attached hydrogens (tertiary/aromatic N) is 1. The van der Waals surface area contributed by atoms with Gasteiger partial charge in [-0.1, -0.05) is 66.7 Å². The van der Waals surface area contributed by atoms with E-state index in [9.17, 15) is 33.6 Å². The Morgan fingerprint density at radius 3 is 2.31 bits per heavy atom. The number of benzene rings is 3. The van der Waals surface area contributed by atoms with Crippen molar-refractivity contribution in [1.82, 2.24) is 36.6 Å². The Labute approximate surface area is 351 Å². The van der Waals surface area contributed by atoms with Crippen LogP contribution in [0.25, 0.3) is 22.0 Å². The molecule has 320 valence electrons. The molecule has 61 heavy (non-hydrogen) atoms. The number of nitrogens with one attached hydrogen (secondary N) is 6. The van der Waals surface area contributed by atoms with Crippen molar-refractivity contribution >= 4 is 52.5 Å². The van der Waals surface area contributed by atoms with Gasteiger partial charge in [0.05, 0.1) is 6.54 Å². The van der Waals surface area contributed by atoms with E-state index in [1.54, 1.807) is 6.20 Å². The third kappa shape index (κ3) is 10.2. The number of alkyl carbamates (subject to hydrolysis) is 1. The van der Waals surface area contributed by atoms with Crippen molar-refractivity contribution in [1.29, 1.82) is 0 Å². The fourth-order valence-corrected chi connectivity index (χ4v) is 8.37.